The Balaban J connectivity index is 2.09. The van der Waals surface area contributed by atoms with E-state index in [4.69, 9.17) is 21.1 Å². The SMILES string of the molecule is COc1ccc(NC(=O)C(C)NS(=O)(=O)c2ccc(Cl)cc2)cc1OC. The summed E-state index contributed by atoms with van der Waals surface area (Å²) < 4.78 is 37.3. The predicted molar refractivity (Wildman–Crippen MR) is 99.4 cm³/mol. The summed E-state index contributed by atoms with van der Waals surface area (Å²) in [7, 11) is -0.869. The number of rotatable bonds is 7. The van der Waals surface area contributed by atoms with Crippen molar-refractivity contribution in [1.82, 2.24) is 4.72 Å². The first-order valence-corrected chi connectivity index (χ1v) is 9.43. The van der Waals surface area contributed by atoms with Crippen molar-refractivity contribution in [3.63, 3.8) is 0 Å². The number of sulfonamides is 1. The van der Waals surface area contributed by atoms with Crippen molar-refractivity contribution in [3.05, 3.63) is 47.5 Å². The van der Waals surface area contributed by atoms with E-state index >= 15 is 0 Å². The molecule has 0 aliphatic rings. The summed E-state index contributed by atoms with van der Waals surface area (Å²) in [5.74, 6) is 0.441. The molecule has 26 heavy (non-hydrogen) atoms. The molecule has 2 aromatic rings. The Bertz CT molecular complexity index is 885. The van der Waals surface area contributed by atoms with Crippen LogP contribution < -0.4 is 19.5 Å². The normalized spacial score (nSPS) is 12.3. The van der Waals surface area contributed by atoms with Gasteiger partial charge in [-0.05, 0) is 43.3 Å². The highest BCUT2D eigenvalue weighted by Crippen LogP contribution is 2.29. The van der Waals surface area contributed by atoms with Gasteiger partial charge in [0.05, 0.1) is 25.2 Å². The molecule has 0 aliphatic carbocycles. The van der Waals surface area contributed by atoms with Gasteiger partial charge in [0.1, 0.15) is 0 Å². The van der Waals surface area contributed by atoms with E-state index in [2.05, 4.69) is 10.0 Å². The number of hydrogen-bond acceptors (Lipinski definition) is 5. The van der Waals surface area contributed by atoms with Crippen LogP contribution in [-0.2, 0) is 14.8 Å². The lowest BCUT2D eigenvalue weighted by atomic mass is 10.2. The van der Waals surface area contributed by atoms with Gasteiger partial charge in [0, 0.05) is 16.8 Å². The molecule has 7 nitrogen and oxygen atoms in total. The lowest BCUT2D eigenvalue weighted by molar-refractivity contribution is -0.117. The standard InChI is InChI=1S/C17H19ClN2O5S/c1-11(20-26(22,23)14-7-4-12(18)5-8-14)17(21)19-13-6-9-15(24-2)16(10-13)25-3/h4-11,20H,1-3H3,(H,19,21). The first-order valence-electron chi connectivity index (χ1n) is 7.57. The number of anilines is 1. The van der Waals surface area contributed by atoms with Crippen molar-refractivity contribution in [2.24, 2.45) is 0 Å². The van der Waals surface area contributed by atoms with Gasteiger partial charge in [-0.2, -0.15) is 4.72 Å². The molecule has 0 heterocycles. The first kappa shape index (κ1) is 20.0. The summed E-state index contributed by atoms with van der Waals surface area (Å²) in [6.07, 6.45) is 0. The quantitative estimate of drug-likeness (QED) is 0.747. The third-order valence-corrected chi connectivity index (χ3v) is 5.31. The Morgan fingerprint density at radius 1 is 1.04 bits per heavy atom. The van der Waals surface area contributed by atoms with Crippen molar-refractivity contribution in [2.45, 2.75) is 17.9 Å². The third-order valence-electron chi connectivity index (χ3n) is 3.50. The smallest absolute Gasteiger partial charge is 0.242 e. The second-order valence-corrected chi connectivity index (χ2v) is 7.51. The molecule has 0 aliphatic heterocycles. The number of nitrogens with one attached hydrogen (secondary N) is 2. The summed E-state index contributed by atoms with van der Waals surface area (Å²) >= 11 is 5.76. The fraction of sp³-hybridized carbons (Fsp3) is 0.235. The van der Waals surface area contributed by atoms with E-state index in [1.807, 2.05) is 0 Å². The fourth-order valence-electron chi connectivity index (χ4n) is 2.13. The molecule has 140 valence electrons. The molecular weight excluding hydrogens is 380 g/mol. The lowest BCUT2D eigenvalue weighted by Gasteiger charge is -2.15. The van der Waals surface area contributed by atoms with Crippen LogP contribution in [-0.4, -0.2) is 34.6 Å². The van der Waals surface area contributed by atoms with Gasteiger partial charge in [-0.3, -0.25) is 4.79 Å². The first-order chi connectivity index (χ1) is 12.3. The molecular formula is C17H19ClN2O5S. The number of methoxy groups -OCH3 is 2. The van der Waals surface area contributed by atoms with Crippen LogP contribution in [0.15, 0.2) is 47.4 Å². The molecule has 0 spiro atoms. The van der Waals surface area contributed by atoms with Gasteiger partial charge in [0.15, 0.2) is 11.5 Å². The number of amides is 1. The third kappa shape index (κ3) is 4.87. The molecule has 2 N–H and O–H groups in total. The van der Waals surface area contributed by atoms with Crippen LogP contribution in [0.4, 0.5) is 5.69 Å². The van der Waals surface area contributed by atoms with E-state index in [0.717, 1.165) is 0 Å². The molecule has 0 saturated heterocycles. The van der Waals surface area contributed by atoms with Crippen LogP contribution in [0.25, 0.3) is 0 Å². The minimum absolute atomic E-state index is 0.0210. The Labute approximate surface area is 157 Å². The molecule has 1 atom stereocenters. The van der Waals surface area contributed by atoms with E-state index in [-0.39, 0.29) is 4.90 Å². The zero-order chi connectivity index (χ0) is 19.3. The maximum Gasteiger partial charge on any atom is 0.242 e. The maximum absolute atomic E-state index is 12.3. The second-order valence-electron chi connectivity index (χ2n) is 5.36. The highest BCUT2D eigenvalue weighted by atomic mass is 35.5. The molecule has 9 heteroatoms. The summed E-state index contributed by atoms with van der Waals surface area (Å²) in [6.45, 7) is 1.45. The molecule has 2 aromatic carbocycles. The fourth-order valence-corrected chi connectivity index (χ4v) is 3.46. The Kier molecular flexibility index (Phi) is 6.47. The predicted octanol–water partition coefficient (Wildman–Crippen LogP) is 2.66. The monoisotopic (exact) mass is 398 g/mol. The van der Waals surface area contributed by atoms with E-state index in [1.54, 1.807) is 18.2 Å². The summed E-state index contributed by atoms with van der Waals surface area (Å²) in [6, 6.07) is 9.50. The zero-order valence-corrected chi connectivity index (χ0v) is 16.0. The van der Waals surface area contributed by atoms with E-state index in [0.29, 0.717) is 22.2 Å². The number of carbonyl (C=O) groups excluding carboxylic acids is 1. The Hall–Kier alpha value is -2.29. The van der Waals surface area contributed by atoms with Crippen LogP contribution in [0, 0.1) is 0 Å². The van der Waals surface area contributed by atoms with Gasteiger partial charge in [0.2, 0.25) is 15.9 Å². The van der Waals surface area contributed by atoms with Crippen molar-refractivity contribution in [2.75, 3.05) is 19.5 Å². The van der Waals surface area contributed by atoms with Crippen molar-refractivity contribution in [1.29, 1.82) is 0 Å². The van der Waals surface area contributed by atoms with Crippen LogP contribution in [0.3, 0.4) is 0 Å². The molecule has 0 saturated carbocycles. The summed E-state index contributed by atoms with van der Waals surface area (Å²) in [5, 5.41) is 3.05. The van der Waals surface area contributed by atoms with Gasteiger partial charge in [-0.1, -0.05) is 11.6 Å². The average molecular weight is 399 g/mol. The second kappa shape index (κ2) is 8.39. The molecule has 1 unspecified atom stereocenters. The summed E-state index contributed by atoms with van der Waals surface area (Å²) in [4.78, 5) is 12.3. The maximum atomic E-state index is 12.3. The molecule has 0 aromatic heterocycles. The Morgan fingerprint density at radius 2 is 1.65 bits per heavy atom. The molecule has 0 fully saturated rings. The van der Waals surface area contributed by atoms with Gasteiger partial charge in [-0.25, -0.2) is 8.42 Å². The van der Waals surface area contributed by atoms with Crippen LogP contribution in [0.1, 0.15) is 6.92 Å². The highest BCUT2D eigenvalue weighted by Gasteiger charge is 2.22. The van der Waals surface area contributed by atoms with Crippen LogP contribution >= 0.6 is 11.6 Å². The number of ether oxygens (including phenoxy) is 2. The molecule has 1 amide bonds. The van der Waals surface area contributed by atoms with Crippen LogP contribution in [0.2, 0.25) is 5.02 Å². The van der Waals surface area contributed by atoms with Gasteiger partial charge < -0.3 is 14.8 Å². The number of halogens is 1. The van der Waals surface area contributed by atoms with E-state index < -0.39 is 22.0 Å². The van der Waals surface area contributed by atoms with Crippen LogP contribution in [0.5, 0.6) is 11.5 Å². The lowest BCUT2D eigenvalue weighted by Crippen LogP contribution is -2.41. The highest BCUT2D eigenvalue weighted by molar-refractivity contribution is 7.89. The van der Waals surface area contributed by atoms with Crippen molar-refractivity contribution in [3.8, 4) is 11.5 Å². The largest absolute Gasteiger partial charge is 0.493 e. The number of carbonyl (C=O) groups is 1. The van der Waals surface area contributed by atoms with Crippen molar-refractivity contribution < 1.29 is 22.7 Å². The number of hydrogen-bond donors (Lipinski definition) is 2. The van der Waals surface area contributed by atoms with Gasteiger partial charge >= 0.3 is 0 Å². The summed E-state index contributed by atoms with van der Waals surface area (Å²) in [5.41, 5.74) is 0.449. The van der Waals surface area contributed by atoms with Gasteiger partial charge in [-0.15, -0.1) is 0 Å². The molecule has 2 rings (SSSR count). The Morgan fingerprint density at radius 3 is 2.23 bits per heavy atom. The topological polar surface area (TPSA) is 93.7 Å². The zero-order valence-electron chi connectivity index (χ0n) is 14.4. The van der Waals surface area contributed by atoms with Gasteiger partial charge in [0.25, 0.3) is 0 Å². The average Bonchev–Trinajstić information content (AvgIpc) is 2.61. The molecule has 0 bridgehead atoms. The minimum atomic E-state index is -3.85. The molecule has 0 radical (unpaired) electrons. The number of benzene rings is 2. The van der Waals surface area contributed by atoms with Crippen molar-refractivity contribution >= 4 is 33.2 Å². The van der Waals surface area contributed by atoms with E-state index in [1.165, 1.54) is 45.4 Å². The minimum Gasteiger partial charge on any atom is -0.493 e. The van der Waals surface area contributed by atoms with E-state index in [9.17, 15) is 13.2 Å².